The zero-order chi connectivity index (χ0) is 18.8. The second-order valence-electron chi connectivity index (χ2n) is 5.79. The Kier molecular flexibility index (Phi) is 4.83. The first-order valence-electron chi connectivity index (χ1n) is 8.19. The summed E-state index contributed by atoms with van der Waals surface area (Å²) in [6, 6.07) is 16.2. The van der Waals surface area contributed by atoms with E-state index >= 15 is 0 Å². The number of furan rings is 1. The summed E-state index contributed by atoms with van der Waals surface area (Å²) >= 11 is 7.67. The van der Waals surface area contributed by atoms with Gasteiger partial charge in [-0.2, -0.15) is 0 Å². The SMILES string of the molecule is COc1cccc(C(=O)N(Cc2ccco2)c2nc3c(Cl)cccc3s2)c1. The zero-order valence-electron chi connectivity index (χ0n) is 14.4. The Morgan fingerprint density at radius 2 is 2.07 bits per heavy atom. The Bertz CT molecular complexity index is 1090. The molecule has 0 bridgehead atoms. The summed E-state index contributed by atoms with van der Waals surface area (Å²) in [5.41, 5.74) is 1.19. The lowest BCUT2D eigenvalue weighted by Gasteiger charge is -2.19. The van der Waals surface area contributed by atoms with E-state index in [1.807, 2.05) is 18.2 Å². The van der Waals surface area contributed by atoms with E-state index in [0.29, 0.717) is 32.7 Å². The molecule has 0 aliphatic rings. The molecule has 0 saturated carbocycles. The highest BCUT2D eigenvalue weighted by Crippen LogP contribution is 2.34. The van der Waals surface area contributed by atoms with Crippen LogP contribution in [-0.4, -0.2) is 18.0 Å². The van der Waals surface area contributed by atoms with Gasteiger partial charge in [0.1, 0.15) is 17.0 Å². The van der Waals surface area contributed by atoms with Gasteiger partial charge in [0.2, 0.25) is 0 Å². The molecule has 0 aliphatic heterocycles. The van der Waals surface area contributed by atoms with Crippen molar-refractivity contribution in [3.05, 3.63) is 77.2 Å². The number of methoxy groups -OCH3 is 1. The molecule has 0 spiro atoms. The lowest BCUT2D eigenvalue weighted by molar-refractivity contribution is 0.0983. The van der Waals surface area contributed by atoms with Gasteiger partial charge in [0.15, 0.2) is 5.13 Å². The van der Waals surface area contributed by atoms with E-state index < -0.39 is 0 Å². The van der Waals surface area contributed by atoms with Crippen LogP contribution in [0.4, 0.5) is 5.13 Å². The molecule has 7 heteroatoms. The number of aromatic nitrogens is 1. The van der Waals surface area contributed by atoms with Crippen molar-refractivity contribution in [1.29, 1.82) is 0 Å². The van der Waals surface area contributed by atoms with Crippen LogP contribution in [0.5, 0.6) is 5.75 Å². The Labute approximate surface area is 164 Å². The van der Waals surface area contributed by atoms with E-state index in [9.17, 15) is 4.79 Å². The molecular formula is C20H15ClN2O3S. The lowest BCUT2D eigenvalue weighted by Crippen LogP contribution is -2.30. The lowest BCUT2D eigenvalue weighted by atomic mass is 10.2. The molecule has 27 heavy (non-hydrogen) atoms. The molecule has 0 fully saturated rings. The molecule has 136 valence electrons. The summed E-state index contributed by atoms with van der Waals surface area (Å²) in [6.45, 7) is 0.264. The number of para-hydroxylation sites is 1. The van der Waals surface area contributed by atoms with Crippen molar-refractivity contribution in [2.45, 2.75) is 6.54 Å². The molecule has 2 aromatic heterocycles. The van der Waals surface area contributed by atoms with Crippen LogP contribution < -0.4 is 9.64 Å². The predicted molar refractivity (Wildman–Crippen MR) is 107 cm³/mol. The van der Waals surface area contributed by atoms with E-state index in [0.717, 1.165) is 4.70 Å². The second-order valence-corrected chi connectivity index (χ2v) is 7.20. The first kappa shape index (κ1) is 17.6. The van der Waals surface area contributed by atoms with Gasteiger partial charge in [-0.1, -0.05) is 35.1 Å². The molecule has 2 heterocycles. The fraction of sp³-hybridized carbons (Fsp3) is 0.100. The first-order valence-corrected chi connectivity index (χ1v) is 9.38. The minimum Gasteiger partial charge on any atom is -0.497 e. The summed E-state index contributed by atoms with van der Waals surface area (Å²) in [5, 5.41) is 1.11. The highest BCUT2D eigenvalue weighted by molar-refractivity contribution is 7.22. The zero-order valence-corrected chi connectivity index (χ0v) is 16.0. The number of thiazole rings is 1. The van der Waals surface area contributed by atoms with Gasteiger partial charge in [-0.25, -0.2) is 4.98 Å². The molecule has 1 amide bonds. The molecule has 0 unspecified atom stereocenters. The Hall–Kier alpha value is -2.83. The van der Waals surface area contributed by atoms with Gasteiger partial charge in [-0.05, 0) is 42.5 Å². The molecule has 0 atom stereocenters. The van der Waals surface area contributed by atoms with Gasteiger partial charge in [-0.3, -0.25) is 9.69 Å². The van der Waals surface area contributed by atoms with Crippen LogP contribution in [0.1, 0.15) is 16.1 Å². The summed E-state index contributed by atoms with van der Waals surface area (Å²) in [6.07, 6.45) is 1.58. The number of carbonyl (C=O) groups is 1. The maximum Gasteiger partial charge on any atom is 0.260 e. The number of halogens is 1. The van der Waals surface area contributed by atoms with Crippen LogP contribution in [0.2, 0.25) is 5.02 Å². The number of anilines is 1. The first-order chi connectivity index (χ1) is 13.2. The number of rotatable bonds is 5. The number of ether oxygens (including phenoxy) is 1. The van der Waals surface area contributed by atoms with Crippen LogP contribution in [0, 0.1) is 0 Å². The highest BCUT2D eigenvalue weighted by atomic mass is 35.5. The van der Waals surface area contributed by atoms with E-state index in [1.54, 1.807) is 54.7 Å². The quantitative estimate of drug-likeness (QED) is 0.451. The summed E-state index contributed by atoms with van der Waals surface area (Å²) < 4.78 is 11.6. The van der Waals surface area contributed by atoms with E-state index in [4.69, 9.17) is 20.8 Å². The number of hydrogen-bond acceptors (Lipinski definition) is 5. The van der Waals surface area contributed by atoms with Gasteiger partial charge in [0.25, 0.3) is 5.91 Å². The summed E-state index contributed by atoms with van der Waals surface area (Å²) in [5.74, 6) is 1.09. The Morgan fingerprint density at radius 1 is 1.22 bits per heavy atom. The molecule has 0 saturated heterocycles. The minimum atomic E-state index is -0.194. The van der Waals surface area contributed by atoms with Crippen molar-refractivity contribution in [2.75, 3.05) is 12.0 Å². The van der Waals surface area contributed by atoms with Crippen molar-refractivity contribution in [2.24, 2.45) is 0 Å². The smallest absolute Gasteiger partial charge is 0.260 e. The largest absolute Gasteiger partial charge is 0.497 e. The number of nitrogens with zero attached hydrogens (tertiary/aromatic N) is 2. The fourth-order valence-electron chi connectivity index (χ4n) is 2.72. The Morgan fingerprint density at radius 3 is 2.81 bits per heavy atom. The third kappa shape index (κ3) is 3.54. The minimum absolute atomic E-state index is 0.194. The third-order valence-electron chi connectivity index (χ3n) is 4.05. The number of carbonyl (C=O) groups excluding carboxylic acids is 1. The number of amides is 1. The average Bonchev–Trinajstić information content (AvgIpc) is 3.36. The van der Waals surface area contributed by atoms with Crippen molar-refractivity contribution in [3.8, 4) is 5.75 Å². The number of hydrogen-bond donors (Lipinski definition) is 0. The molecule has 4 aromatic rings. The molecule has 0 radical (unpaired) electrons. The van der Waals surface area contributed by atoms with Crippen molar-refractivity contribution in [3.63, 3.8) is 0 Å². The number of fused-ring (bicyclic) bond motifs is 1. The molecule has 5 nitrogen and oxygen atoms in total. The van der Waals surface area contributed by atoms with Crippen molar-refractivity contribution >= 4 is 44.2 Å². The molecule has 4 rings (SSSR count). The normalized spacial score (nSPS) is 10.9. The van der Waals surface area contributed by atoms with Crippen molar-refractivity contribution < 1.29 is 13.9 Å². The van der Waals surface area contributed by atoms with Gasteiger partial charge in [-0.15, -0.1) is 0 Å². The second kappa shape index (κ2) is 7.42. The van der Waals surface area contributed by atoms with Crippen LogP contribution in [0.3, 0.4) is 0 Å². The molecular weight excluding hydrogens is 384 g/mol. The van der Waals surface area contributed by atoms with Crippen LogP contribution in [0.25, 0.3) is 10.2 Å². The van der Waals surface area contributed by atoms with Crippen LogP contribution in [0.15, 0.2) is 65.3 Å². The summed E-state index contributed by atoms with van der Waals surface area (Å²) in [7, 11) is 1.57. The third-order valence-corrected chi connectivity index (χ3v) is 5.39. The van der Waals surface area contributed by atoms with Gasteiger partial charge >= 0.3 is 0 Å². The highest BCUT2D eigenvalue weighted by Gasteiger charge is 2.23. The average molecular weight is 399 g/mol. The maximum atomic E-state index is 13.3. The van der Waals surface area contributed by atoms with Crippen molar-refractivity contribution in [1.82, 2.24) is 4.98 Å². The van der Waals surface area contributed by atoms with E-state index in [1.165, 1.54) is 11.3 Å². The molecule has 0 aliphatic carbocycles. The molecule has 2 aromatic carbocycles. The topological polar surface area (TPSA) is 55.6 Å². The van der Waals surface area contributed by atoms with Crippen LogP contribution >= 0.6 is 22.9 Å². The van der Waals surface area contributed by atoms with Gasteiger partial charge < -0.3 is 9.15 Å². The monoisotopic (exact) mass is 398 g/mol. The number of benzene rings is 2. The van der Waals surface area contributed by atoms with E-state index in [-0.39, 0.29) is 12.5 Å². The standard InChI is InChI=1S/C20H15ClN2O3S/c1-25-14-6-2-5-13(11-14)19(24)23(12-15-7-4-10-26-15)20-22-18-16(21)8-3-9-17(18)27-20/h2-11H,12H2,1H3. The van der Waals surface area contributed by atoms with Gasteiger partial charge in [0.05, 0.1) is 29.6 Å². The summed E-state index contributed by atoms with van der Waals surface area (Å²) in [4.78, 5) is 19.5. The fourth-order valence-corrected chi connectivity index (χ4v) is 3.98. The van der Waals surface area contributed by atoms with Gasteiger partial charge in [0, 0.05) is 5.56 Å². The maximum absolute atomic E-state index is 13.3. The Balaban J connectivity index is 1.77. The van der Waals surface area contributed by atoms with Crippen LogP contribution in [-0.2, 0) is 6.54 Å². The predicted octanol–water partition coefficient (Wildman–Crippen LogP) is 5.40. The van der Waals surface area contributed by atoms with E-state index in [2.05, 4.69) is 4.98 Å². The molecule has 0 N–H and O–H groups in total.